The highest BCUT2D eigenvalue weighted by atomic mass is 79.9. The van der Waals surface area contributed by atoms with Crippen LogP contribution in [0.1, 0.15) is 18.4 Å². The van der Waals surface area contributed by atoms with Crippen LogP contribution in [-0.2, 0) is 11.2 Å². The third-order valence-corrected chi connectivity index (χ3v) is 3.24. The van der Waals surface area contributed by atoms with E-state index in [-0.39, 0.29) is 11.7 Å². The Labute approximate surface area is 115 Å². The molecule has 0 heterocycles. The van der Waals surface area contributed by atoms with Crippen molar-refractivity contribution in [2.45, 2.75) is 19.3 Å². The molecule has 0 fully saturated rings. The first-order chi connectivity index (χ1) is 8.54. The summed E-state index contributed by atoms with van der Waals surface area (Å²) < 4.78 is 14.3. The lowest BCUT2D eigenvalue weighted by Gasteiger charge is -2.17. The standard InChI is InChI=1S/C13H18BrFN2O/c1-17(13(18)3-2-7-16)8-6-10-9-11(14)4-5-12(10)15/h4-5,9H,2-3,6-8,16H2,1H3. The lowest BCUT2D eigenvalue weighted by atomic mass is 10.1. The Morgan fingerprint density at radius 2 is 2.22 bits per heavy atom. The highest BCUT2D eigenvalue weighted by molar-refractivity contribution is 9.10. The largest absolute Gasteiger partial charge is 0.345 e. The van der Waals surface area contributed by atoms with Gasteiger partial charge >= 0.3 is 0 Å². The van der Waals surface area contributed by atoms with Gasteiger partial charge in [-0.1, -0.05) is 15.9 Å². The van der Waals surface area contributed by atoms with Crippen LogP contribution in [0.15, 0.2) is 22.7 Å². The summed E-state index contributed by atoms with van der Waals surface area (Å²) in [6.45, 7) is 1.02. The van der Waals surface area contributed by atoms with Crippen LogP contribution in [0.25, 0.3) is 0 Å². The molecule has 0 aliphatic rings. The van der Waals surface area contributed by atoms with E-state index < -0.39 is 0 Å². The molecule has 0 aliphatic heterocycles. The van der Waals surface area contributed by atoms with E-state index in [4.69, 9.17) is 5.73 Å². The second-order valence-corrected chi connectivity index (χ2v) is 5.11. The zero-order chi connectivity index (χ0) is 13.5. The van der Waals surface area contributed by atoms with Crippen molar-refractivity contribution < 1.29 is 9.18 Å². The van der Waals surface area contributed by atoms with Gasteiger partial charge in [-0.3, -0.25) is 4.79 Å². The zero-order valence-electron chi connectivity index (χ0n) is 10.5. The van der Waals surface area contributed by atoms with E-state index in [1.54, 1.807) is 24.1 Å². The molecule has 0 radical (unpaired) electrons. The van der Waals surface area contributed by atoms with Gasteiger partial charge in [0.05, 0.1) is 0 Å². The number of carbonyl (C=O) groups is 1. The summed E-state index contributed by atoms with van der Waals surface area (Å²) in [6, 6.07) is 4.83. The summed E-state index contributed by atoms with van der Waals surface area (Å²) in [7, 11) is 1.73. The Bertz CT molecular complexity index is 412. The summed E-state index contributed by atoms with van der Waals surface area (Å²) in [5, 5.41) is 0. The molecule has 0 bridgehead atoms. The molecule has 0 unspecified atom stereocenters. The van der Waals surface area contributed by atoms with Crippen LogP contribution in [0.3, 0.4) is 0 Å². The number of amides is 1. The van der Waals surface area contributed by atoms with Crippen molar-refractivity contribution in [3.05, 3.63) is 34.1 Å². The summed E-state index contributed by atoms with van der Waals surface area (Å²) >= 11 is 3.31. The zero-order valence-corrected chi connectivity index (χ0v) is 12.0. The predicted octanol–water partition coefficient (Wildman–Crippen LogP) is 2.33. The molecule has 0 saturated carbocycles. The Morgan fingerprint density at radius 3 is 2.89 bits per heavy atom. The number of likely N-dealkylation sites (N-methyl/N-ethyl adjacent to an activating group) is 1. The predicted molar refractivity (Wildman–Crippen MR) is 73.7 cm³/mol. The molecule has 0 aromatic heterocycles. The van der Waals surface area contributed by atoms with Crippen molar-refractivity contribution >= 4 is 21.8 Å². The number of nitrogens with zero attached hydrogens (tertiary/aromatic N) is 1. The molecule has 1 amide bonds. The van der Waals surface area contributed by atoms with Crippen molar-refractivity contribution in [1.29, 1.82) is 0 Å². The van der Waals surface area contributed by atoms with Gasteiger partial charge < -0.3 is 10.6 Å². The van der Waals surface area contributed by atoms with E-state index in [2.05, 4.69) is 15.9 Å². The van der Waals surface area contributed by atoms with Crippen LogP contribution in [0.4, 0.5) is 4.39 Å². The van der Waals surface area contributed by atoms with Crippen LogP contribution in [0, 0.1) is 5.82 Å². The molecule has 1 aromatic rings. The van der Waals surface area contributed by atoms with Crippen molar-refractivity contribution in [1.82, 2.24) is 4.90 Å². The minimum absolute atomic E-state index is 0.0517. The monoisotopic (exact) mass is 316 g/mol. The highest BCUT2D eigenvalue weighted by Gasteiger charge is 2.09. The number of halogens is 2. The van der Waals surface area contributed by atoms with E-state index in [0.717, 1.165) is 4.47 Å². The van der Waals surface area contributed by atoms with Crippen LogP contribution in [-0.4, -0.2) is 30.9 Å². The molecular weight excluding hydrogens is 299 g/mol. The third-order valence-electron chi connectivity index (χ3n) is 2.74. The van der Waals surface area contributed by atoms with Gasteiger partial charge in [0.25, 0.3) is 0 Å². The minimum atomic E-state index is -0.235. The Hall–Kier alpha value is -0.940. The van der Waals surface area contributed by atoms with Crippen molar-refractivity contribution in [3.63, 3.8) is 0 Å². The van der Waals surface area contributed by atoms with Gasteiger partial charge in [0, 0.05) is 24.5 Å². The molecule has 100 valence electrons. The second kappa shape index (κ2) is 7.48. The number of hydrogen-bond donors (Lipinski definition) is 1. The second-order valence-electron chi connectivity index (χ2n) is 4.19. The molecule has 0 saturated heterocycles. The SMILES string of the molecule is CN(CCc1cc(Br)ccc1F)C(=O)CCCN. The lowest BCUT2D eigenvalue weighted by Crippen LogP contribution is -2.29. The van der Waals surface area contributed by atoms with Crippen LogP contribution >= 0.6 is 15.9 Å². The normalized spacial score (nSPS) is 10.4. The summed E-state index contributed by atoms with van der Waals surface area (Å²) in [5.41, 5.74) is 5.97. The Kier molecular flexibility index (Phi) is 6.29. The van der Waals surface area contributed by atoms with Crippen LogP contribution in [0.2, 0.25) is 0 Å². The third kappa shape index (κ3) is 4.74. The van der Waals surface area contributed by atoms with Gasteiger partial charge in [-0.05, 0) is 43.1 Å². The molecule has 1 rings (SSSR count). The van der Waals surface area contributed by atoms with E-state index in [0.29, 0.717) is 37.9 Å². The highest BCUT2D eigenvalue weighted by Crippen LogP contribution is 2.16. The van der Waals surface area contributed by atoms with Gasteiger partial charge in [-0.15, -0.1) is 0 Å². The van der Waals surface area contributed by atoms with E-state index in [1.165, 1.54) is 6.07 Å². The number of hydrogen-bond acceptors (Lipinski definition) is 2. The maximum Gasteiger partial charge on any atom is 0.222 e. The average molecular weight is 317 g/mol. The van der Waals surface area contributed by atoms with Gasteiger partial charge in [0.15, 0.2) is 0 Å². The van der Waals surface area contributed by atoms with E-state index >= 15 is 0 Å². The minimum Gasteiger partial charge on any atom is -0.345 e. The average Bonchev–Trinajstić information content (AvgIpc) is 2.36. The molecule has 5 heteroatoms. The lowest BCUT2D eigenvalue weighted by molar-refractivity contribution is -0.129. The molecule has 3 nitrogen and oxygen atoms in total. The van der Waals surface area contributed by atoms with Gasteiger partial charge in [-0.2, -0.15) is 0 Å². The number of nitrogens with two attached hydrogens (primary N) is 1. The molecule has 0 aliphatic carbocycles. The number of carbonyl (C=O) groups excluding carboxylic acids is 1. The smallest absolute Gasteiger partial charge is 0.222 e. The van der Waals surface area contributed by atoms with E-state index in [1.807, 2.05) is 0 Å². The van der Waals surface area contributed by atoms with Crippen LogP contribution < -0.4 is 5.73 Å². The molecular formula is C13H18BrFN2O. The molecule has 1 aromatic carbocycles. The number of rotatable bonds is 6. The maximum atomic E-state index is 13.5. The molecule has 2 N–H and O–H groups in total. The van der Waals surface area contributed by atoms with E-state index in [9.17, 15) is 9.18 Å². The van der Waals surface area contributed by atoms with Crippen LogP contribution in [0.5, 0.6) is 0 Å². The first-order valence-electron chi connectivity index (χ1n) is 5.92. The Morgan fingerprint density at radius 1 is 1.50 bits per heavy atom. The topological polar surface area (TPSA) is 46.3 Å². The molecule has 0 spiro atoms. The van der Waals surface area contributed by atoms with Crippen molar-refractivity contribution in [2.75, 3.05) is 20.1 Å². The quantitative estimate of drug-likeness (QED) is 0.875. The molecule has 0 atom stereocenters. The maximum absolute atomic E-state index is 13.5. The summed E-state index contributed by atoms with van der Waals surface area (Å²) in [4.78, 5) is 13.3. The van der Waals surface area contributed by atoms with Gasteiger partial charge in [-0.25, -0.2) is 4.39 Å². The summed E-state index contributed by atoms with van der Waals surface area (Å²) in [6.07, 6.45) is 1.65. The fourth-order valence-electron chi connectivity index (χ4n) is 1.59. The van der Waals surface area contributed by atoms with Crippen molar-refractivity contribution in [2.24, 2.45) is 5.73 Å². The first kappa shape index (κ1) is 15.1. The van der Waals surface area contributed by atoms with Gasteiger partial charge in [0.2, 0.25) is 5.91 Å². The first-order valence-corrected chi connectivity index (χ1v) is 6.72. The summed E-state index contributed by atoms with van der Waals surface area (Å²) in [5.74, 6) is -0.183. The van der Waals surface area contributed by atoms with Gasteiger partial charge in [0.1, 0.15) is 5.82 Å². The fourth-order valence-corrected chi connectivity index (χ4v) is 2.00. The Balaban J connectivity index is 2.49. The fraction of sp³-hybridized carbons (Fsp3) is 0.462. The number of benzene rings is 1. The van der Waals surface area contributed by atoms with Crippen molar-refractivity contribution in [3.8, 4) is 0 Å². The molecule has 18 heavy (non-hydrogen) atoms.